The molecule has 1 heteroatoms. The van der Waals surface area contributed by atoms with E-state index < -0.39 is 0 Å². The molecular formula is C42H33N. The molecule has 0 unspecified atom stereocenters. The van der Waals surface area contributed by atoms with Crippen molar-refractivity contribution in [2.24, 2.45) is 0 Å². The Morgan fingerprint density at radius 3 is 1.37 bits per heavy atom. The lowest BCUT2D eigenvalue weighted by Gasteiger charge is -2.19. The van der Waals surface area contributed by atoms with Crippen molar-refractivity contribution in [3.05, 3.63) is 151 Å². The van der Waals surface area contributed by atoms with Crippen LogP contribution in [0.25, 0.3) is 71.3 Å². The monoisotopic (exact) mass is 551 g/mol. The molecule has 0 aliphatic carbocycles. The second-order valence-electron chi connectivity index (χ2n) is 11.5. The van der Waals surface area contributed by atoms with Crippen LogP contribution in [-0.4, -0.2) is 4.57 Å². The molecule has 0 aliphatic heterocycles. The second kappa shape index (κ2) is 10.3. The largest absolute Gasteiger partial charge is 0.309 e. The van der Waals surface area contributed by atoms with Crippen molar-refractivity contribution >= 4 is 43.4 Å². The minimum Gasteiger partial charge on any atom is -0.309 e. The van der Waals surface area contributed by atoms with Gasteiger partial charge in [0.05, 0.1) is 11.0 Å². The Labute approximate surface area is 252 Å². The maximum absolute atomic E-state index is 2.47. The zero-order chi connectivity index (χ0) is 28.9. The fourth-order valence-electron chi connectivity index (χ4n) is 6.97. The number of aromatic nitrogens is 1. The fourth-order valence-corrected chi connectivity index (χ4v) is 6.97. The Morgan fingerprint density at radius 1 is 0.395 bits per heavy atom. The van der Waals surface area contributed by atoms with Gasteiger partial charge in [0.15, 0.2) is 0 Å². The highest BCUT2D eigenvalue weighted by Gasteiger charge is 2.19. The van der Waals surface area contributed by atoms with Crippen LogP contribution >= 0.6 is 0 Å². The Balaban J connectivity index is 1.52. The molecule has 1 nitrogen and oxygen atoms in total. The first kappa shape index (κ1) is 25.6. The molecule has 0 atom stereocenters. The number of nitrogens with zero attached hydrogens (tertiary/aromatic N) is 1. The van der Waals surface area contributed by atoms with Crippen LogP contribution in [0.5, 0.6) is 0 Å². The van der Waals surface area contributed by atoms with Gasteiger partial charge in [-0.2, -0.15) is 0 Å². The van der Waals surface area contributed by atoms with E-state index in [1.54, 1.807) is 0 Å². The molecule has 0 saturated carbocycles. The van der Waals surface area contributed by atoms with Crippen molar-refractivity contribution in [1.82, 2.24) is 4.57 Å². The lowest BCUT2D eigenvalue weighted by Crippen LogP contribution is -1.96. The maximum atomic E-state index is 2.47. The van der Waals surface area contributed by atoms with Crippen LogP contribution < -0.4 is 0 Å². The van der Waals surface area contributed by atoms with E-state index in [4.69, 9.17) is 0 Å². The Morgan fingerprint density at radius 2 is 0.860 bits per heavy atom. The third-order valence-corrected chi connectivity index (χ3v) is 9.10. The van der Waals surface area contributed by atoms with E-state index in [1.807, 2.05) is 0 Å². The molecule has 1 aromatic heterocycles. The molecule has 0 amide bonds. The third-order valence-electron chi connectivity index (χ3n) is 9.10. The molecule has 0 fully saturated rings. The van der Waals surface area contributed by atoms with Crippen molar-refractivity contribution in [3.8, 4) is 27.9 Å². The summed E-state index contributed by atoms with van der Waals surface area (Å²) in [5.74, 6) is 0. The van der Waals surface area contributed by atoms with E-state index in [0.717, 1.165) is 12.8 Å². The van der Waals surface area contributed by atoms with E-state index in [9.17, 15) is 0 Å². The standard InChI is InChI=1S/C42H33N/c1-3-28-19-23-39-36(25-28)37-26-29(4-2)20-24-40(37)43(39)32-21-22-35-38(27-32)42(31-15-9-6-10-16-31)34-18-12-11-17-33(34)41(35)30-13-7-5-8-14-30/h5-27H,3-4H2,1-2H3. The summed E-state index contributed by atoms with van der Waals surface area (Å²) in [4.78, 5) is 0. The summed E-state index contributed by atoms with van der Waals surface area (Å²) in [6, 6.07) is 51.7. The van der Waals surface area contributed by atoms with Gasteiger partial charge in [-0.3, -0.25) is 0 Å². The molecule has 0 N–H and O–H groups in total. The lowest BCUT2D eigenvalue weighted by atomic mass is 9.86. The van der Waals surface area contributed by atoms with E-state index in [1.165, 1.54) is 82.4 Å². The molecule has 8 aromatic rings. The summed E-state index contributed by atoms with van der Waals surface area (Å²) in [6.07, 6.45) is 2.06. The quantitative estimate of drug-likeness (QED) is 0.187. The van der Waals surface area contributed by atoms with Crippen LogP contribution in [0.15, 0.2) is 140 Å². The van der Waals surface area contributed by atoms with Crippen LogP contribution in [0.3, 0.4) is 0 Å². The Kier molecular flexibility index (Phi) is 6.12. The van der Waals surface area contributed by atoms with Gasteiger partial charge in [-0.1, -0.05) is 117 Å². The topological polar surface area (TPSA) is 4.93 Å². The number of aryl methyl sites for hydroxylation is 2. The predicted molar refractivity (Wildman–Crippen MR) is 185 cm³/mol. The molecule has 43 heavy (non-hydrogen) atoms. The van der Waals surface area contributed by atoms with Crippen LogP contribution in [0, 0.1) is 0 Å². The molecule has 8 rings (SSSR count). The Bertz CT molecular complexity index is 2230. The normalized spacial score (nSPS) is 11.7. The summed E-state index contributed by atoms with van der Waals surface area (Å²) in [7, 11) is 0. The van der Waals surface area contributed by atoms with Crippen LogP contribution in [0.2, 0.25) is 0 Å². The van der Waals surface area contributed by atoms with E-state index in [0.29, 0.717) is 0 Å². The van der Waals surface area contributed by atoms with Gasteiger partial charge < -0.3 is 4.57 Å². The average Bonchev–Trinajstić information content (AvgIpc) is 3.40. The van der Waals surface area contributed by atoms with Crippen molar-refractivity contribution in [2.75, 3.05) is 0 Å². The molecule has 206 valence electrons. The summed E-state index contributed by atoms with van der Waals surface area (Å²) < 4.78 is 2.47. The molecule has 0 bridgehead atoms. The third kappa shape index (κ3) is 4.07. The molecule has 1 heterocycles. The van der Waals surface area contributed by atoms with Crippen LogP contribution in [0.4, 0.5) is 0 Å². The molecular weight excluding hydrogens is 518 g/mol. The molecule has 0 aliphatic rings. The number of benzene rings is 7. The highest BCUT2D eigenvalue weighted by atomic mass is 15.0. The maximum Gasteiger partial charge on any atom is 0.0541 e. The summed E-state index contributed by atoms with van der Waals surface area (Å²) in [5.41, 5.74) is 11.5. The zero-order valence-corrected chi connectivity index (χ0v) is 24.6. The average molecular weight is 552 g/mol. The number of rotatable bonds is 5. The molecule has 0 radical (unpaired) electrons. The first-order chi connectivity index (χ1) is 21.2. The highest BCUT2D eigenvalue weighted by Crippen LogP contribution is 2.45. The van der Waals surface area contributed by atoms with Crippen molar-refractivity contribution in [2.45, 2.75) is 26.7 Å². The number of hydrogen-bond acceptors (Lipinski definition) is 0. The lowest BCUT2D eigenvalue weighted by molar-refractivity contribution is 1.14. The fraction of sp³-hybridized carbons (Fsp3) is 0.0952. The van der Waals surface area contributed by atoms with E-state index >= 15 is 0 Å². The van der Waals surface area contributed by atoms with Gasteiger partial charge in [0, 0.05) is 16.5 Å². The minimum absolute atomic E-state index is 1.03. The van der Waals surface area contributed by atoms with E-state index in [2.05, 4.69) is 158 Å². The van der Waals surface area contributed by atoms with Gasteiger partial charge in [-0.25, -0.2) is 0 Å². The zero-order valence-electron chi connectivity index (χ0n) is 24.6. The molecule has 7 aromatic carbocycles. The number of hydrogen-bond donors (Lipinski definition) is 0. The van der Waals surface area contributed by atoms with Gasteiger partial charge in [-0.15, -0.1) is 0 Å². The van der Waals surface area contributed by atoms with Crippen LogP contribution in [-0.2, 0) is 12.8 Å². The van der Waals surface area contributed by atoms with Gasteiger partial charge in [0.25, 0.3) is 0 Å². The SMILES string of the molecule is CCc1ccc2c(c1)c1cc(CC)ccc1n2-c1ccc2c(-c3ccccc3)c3ccccc3c(-c3ccccc3)c2c1. The van der Waals surface area contributed by atoms with Gasteiger partial charge in [0.1, 0.15) is 0 Å². The molecule has 0 saturated heterocycles. The van der Waals surface area contributed by atoms with Gasteiger partial charge in [0.2, 0.25) is 0 Å². The first-order valence-electron chi connectivity index (χ1n) is 15.4. The van der Waals surface area contributed by atoms with Crippen molar-refractivity contribution in [1.29, 1.82) is 0 Å². The minimum atomic E-state index is 1.03. The van der Waals surface area contributed by atoms with Crippen molar-refractivity contribution < 1.29 is 0 Å². The van der Waals surface area contributed by atoms with Crippen LogP contribution in [0.1, 0.15) is 25.0 Å². The first-order valence-corrected chi connectivity index (χ1v) is 15.4. The smallest absolute Gasteiger partial charge is 0.0541 e. The predicted octanol–water partition coefficient (Wildman–Crippen LogP) is 11.5. The number of fused-ring (bicyclic) bond motifs is 5. The van der Waals surface area contributed by atoms with E-state index in [-0.39, 0.29) is 0 Å². The second-order valence-corrected chi connectivity index (χ2v) is 11.5. The Hall–Kier alpha value is -5.14. The summed E-state index contributed by atoms with van der Waals surface area (Å²) in [6.45, 7) is 4.47. The summed E-state index contributed by atoms with van der Waals surface area (Å²) in [5, 5.41) is 7.76. The molecule has 0 spiro atoms. The van der Waals surface area contributed by atoms with Gasteiger partial charge in [-0.05, 0) is 104 Å². The van der Waals surface area contributed by atoms with Crippen molar-refractivity contribution in [3.63, 3.8) is 0 Å². The van der Waals surface area contributed by atoms with Gasteiger partial charge >= 0.3 is 0 Å². The summed E-state index contributed by atoms with van der Waals surface area (Å²) >= 11 is 0. The highest BCUT2D eigenvalue weighted by molar-refractivity contribution is 6.22.